The summed E-state index contributed by atoms with van der Waals surface area (Å²) in [4.78, 5) is 11.5. The highest BCUT2D eigenvalue weighted by Gasteiger charge is 2.71. The van der Waals surface area contributed by atoms with Gasteiger partial charge < -0.3 is 10.4 Å². The summed E-state index contributed by atoms with van der Waals surface area (Å²) < 4.78 is 74.8. The van der Waals surface area contributed by atoms with Crippen LogP contribution in [0.15, 0.2) is 30.3 Å². The van der Waals surface area contributed by atoms with Gasteiger partial charge in [-0.2, -0.15) is 26.3 Å². The third kappa shape index (κ3) is 3.90. The maximum Gasteiger partial charge on any atom is 0.426 e. The van der Waals surface area contributed by atoms with Crippen LogP contribution in [-0.4, -0.2) is 29.0 Å². The van der Waals surface area contributed by atoms with Gasteiger partial charge in [0, 0.05) is 0 Å². The maximum atomic E-state index is 12.5. The molecule has 0 aliphatic rings. The topological polar surface area (TPSA) is 49.3 Å². The fourth-order valence-electron chi connectivity index (χ4n) is 1.71. The van der Waals surface area contributed by atoms with Crippen molar-refractivity contribution in [1.29, 1.82) is 0 Å². The number of hydrogen-bond acceptors (Lipinski definition) is 2. The van der Waals surface area contributed by atoms with E-state index in [1.807, 2.05) is 5.32 Å². The van der Waals surface area contributed by atoms with E-state index in [0.29, 0.717) is 5.56 Å². The lowest BCUT2D eigenvalue weighted by Gasteiger charge is -2.32. The monoisotopic (exact) mass is 329 g/mol. The Bertz CT molecular complexity index is 498. The van der Waals surface area contributed by atoms with E-state index in [0.717, 1.165) is 0 Å². The van der Waals surface area contributed by atoms with E-state index in [1.165, 1.54) is 6.92 Å². The van der Waals surface area contributed by atoms with E-state index >= 15 is 0 Å². The summed E-state index contributed by atoms with van der Waals surface area (Å²) in [7, 11) is 0. The molecule has 9 heteroatoms. The number of halogens is 6. The molecule has 0 aliphatic heterocycles. The molecule has 0 heterocycles. The first kappa shape index (κ1) is 18.3. The van der Waals surface area contributed by atoms with E-state index in [4.69, 9.17) is 5.11 Å². The molecule has 0 saturated carbocycles. The van der Waals surface area contributed by atoms with Crippen LogP contribution in [0, 0.1) is 0 Å². The zero-order valence-electron chi connectivity index (χ0n) is 11.3. The number of carbonyl (C=O) groups excluding carboxylic acids is 1. The number of hydrogen-bond donors (Lipinski definition) is 2. The molecule has 0 saturated heterocycles. The Labute approximate surface area is 121 Å². The van der Waals surface area contributed by atoms with Crippen molar-refractivity contribution in [3.05, 3.63) is 35.9 Å². The molecule has 0 aromatic heterocycles. The molecule has 22 heavy (non-hydrogen) atoms. The van der Waals surface area contributed by atoms with Crippen LogP contribution in [0.5, 0.6) is 0 Å². The molecule has 1 atom stereocenters. The Kier molecular flexibility index (Phi) is 5.11. The van der Waals surface area contributed by atoms with Crippen LogP contribution in [-0.2, 0) is 4.79 Å². The Hall–Kier alpha value is -1.77. The number of alkyl halides is 6. The summed E-state index contributed by atoms with van der Waals surface area (Å²) in [5.41, 5.74) is -4.58. The fraction of sp³-hybridized carbons (Fsp3) is 0.462. The molecule has 0 aliphatic carbocycles. The Balaban J connectivity index is 2.86. The van der Waals surface area contributed by atoms with Crippen molar-refractivity contribution in [3.8, 4) is 0 Å². The highest BCUT2D eigenvalue weighted by atomic mass is 19.4. The van der Waals surface area contributed by atoms with Crippen LogP contribution in [0.4, 0.5) is 26.3 Å². The highest BCUT2D eigenvalue weighted by Crippen LogP contribution is 2.45. The van der Waals surface area contributed by atoms with E-state index in [-0.39, 0.29) is 0 Å². The van der Waals surface area contributed by atoms with Gasteiger partial charge in [0.1, 0.15) is 0 Å². The standard InChI is InChI=1S/C13H13F6NO2/c1-8(9-5-3-2-4-6-9)20-10(21)7-11(22,12(14,15)16)13(17,18)19/h2-6,8,22H,7H2,1H3,(H,20,21)/t8-/m0/s1. The minimum Gasteiger partial charge on any atom is -0.373 e. The second-order valence-corrected chi connectivity index (χ2v) is 4.73. The van der Waals surface area contributed by atoms with Crippen molar-refractivity contribution < 1.29 is 36.2 Å². The largest absolute Gasteiger partial charge is 0.426 e. The lowest BCUT2D eigenvalue weighted by Crippen LogP contribution is -2.59. The molecular weight excluding hydrogens is 316 g/mol. The predicted octanol–water partition coefficient (Wildman–Crippen LogP) is 3.11. The van der Waals surface area contributed by atoms with Gasteiger partial charge in [-0.25, -0.2) is 0 Å². The van der Waals surface area contributed by atoms with Crippen LogP contribution in [0.2, 0.25) is 0 Å². The number of amides is 1. The average molecular weight is 329 g/mol. The second kappa shape index (κ2) is 6.15. The Morgan fingerprint density at radius 2 is 1.55 bits per heavy atom. The Morgan fingerprint density at radius 3 is 1.95 bits per heavy atom. The minimum absolute atomic E-state index is 0.499. The summed E-state index contributed by atoms with van der Waals surface area (Å²) in [5, 5.41) is 10.9. The predicted molar refractivity (Wildman–Crippen MR) is 64.7 cm³/mol. The molecule has 3 nitrogen and oxygen atoms in total. The molecule has 1 rings (SSSR count). The van der Waals surface area contributed by atoms with Crippen LogP contribution in [0.3, 0.4) is 0 Å². The van der Waals surface area contributed by atoms with Gasteiger partial charge in [0.05, 0.1) is 12.5 Å². The number of aliphatic hydroxyl groups is 1. The molecule has 0 unspecified atom stereocenters. The van der Waals surface area contributed by atoms with Crippen molar-refractivity contribution in [2.45, 2.75) is 37.3 Å². The summed E-state index contributed by atoms with van der Waals surface area (Å²) >= 11 is 0. The smallest absolute Gasteiger partial charge is 0.373 e. The van der Waals surface area contributed by atoms with Crippen molar-refractivity contribution in [2.24, 2.45) is 0 Å². The quantitative estimate of drug-likeness (QED) is 0.834. The van der Waals surface area contributed by atoms with Crippen LogP contribution < -0.4 is 5.32 Å². The number of rotatable bonds is 4. The van der Waals surface area contributed by atoms with Gasteiger partial charge in [-0.3, -0.25) is 4.79 Å². The SMILES string of the molecule is C[C@H](NC(=O)CC(O)(C(F)(F)F)C(F)(F)F)c1ccccc1. The first-order chi connectivity index (χ1) is 9.88. The molecule has 0 spiro atoms. The molecule has 0 bridgehead atoms. The third-order valence-corrected chi connectivity index (χ3v) is 3.03. The normalized spacial score (nSPS) is 14.5. The average Bonchev–Trinajstić information content (AvgIpc) is 2.36. The second-order valence-electron chi connectivity index (χ2n) is 4.73. The number of benzene rings is 1. The van der Waals surface area contributed by atoms with E-state index in [9.17, 15) is 31.1 Å². The van der Waals surface area contributed by atoms with E-state index < -0.39 is 36.3 Å². The minimum atomic E-state index is -6.02. The molecule has 1 amide bonds. The molecule has 1 aromatic carbocycles. The van der Waals surface area contributed by atoms with Gasteiger partial charge in [-0.15, -0.1) is 0 Å². The molecule has 2 N–H and O–H groups in total. The number of nitrogens with one attached hydrogen (secondary N) is 1. The van der Waals surface area contributed by atoms with Gasteiger partial charge in [0.15, 0.2) is 0 Å². The van der Waals surface area contributed by atoms with Gasteiger partial charge in [-0.1, -0.05) is 30.3 Å². The summed E-state index contributed by atoms with van der Waals surface area (Å²) in [6.45, 7) is 1.40. The van der Waals surface area contributed by atoms with Crippen molar-refractivity contribution >= 4 is 5.91 Å². The van der Waals surface area contributed by atoms with Crippen molar-refractivity contribution in [2.75, 3.05) is 0 Å². The van der Waals surface area contributed by atoms with E-state index in [1.54, 1.807) is 30.3 Å². The first-order valence-electron chi connectivity index (χ1n) is 6.08. The maximum absolute atomic E-state index is 12.5. The van der Waals surface area contributed by atoms with Crippen molar-refractivity contribution in [1.82, 2.24) is 5.32 Å². The van der Waals surface area contributed by atoms with Gasteiger partial charge in [0.25, 0.3) is 5.60 Å². The molecule has 124 valence electrons. The zero-order chi connectivity index (χ0) is 17.2. The van der Waals surface area contributed by atoms with E-state index in [2.05, 4.69) is 0 Å². The van der Waals surface area contributed by atoms with Crippen molar-refractivity contribution in [3.63, 3.8) is 0 Å². The zero-order valence-corrected chi connectivity index (χ0v) is 11.3. The van der Waals surface area contributed by atoms with Gasteiger partial charge in [-0.05, 0) is 12.5 Å². The summed E-state index contributed by atoms with van der Waals surface area (Å²) in [6.07, 6.45) is -14.2. The van der Waals surface area contributed by atoms with Crippen LogP contribution in [0.25, 0.3) is 0 Å². The van der Waals surface area contributed by atoms with Crippen LogP contribution >= 0.6 is 0 Å². The molecule has 0 fully saturated rings. The fourth-order valence-corrected chi connectivity index (χ4v) is 1.71. The summed E-state index contributed by atoms with van der Waals surface area (Å²) in [5.74, 6) is -1.56. The van der Waals surface area contributed by atoms with Crippen LogP contribution in [0.1, 0.15) is 24.9 Å². The molecule has 0 radical (unpaired) electrons. The van der Waals surface area contributed by atoms with Gasteiger partial charge in [0.2, 0.25) is 5.91 Å². The lowest BCUT2D eigenvalue weighted by atomic mass is 9.97. The number of carbonyl (C=O) groups is 1. The molecule has 1 aromatic rings. The highest BCUT2D eigenvalue weighted by molar-refractivity contribution is 5.77. The Morgan fingerprint density at radius 1 is 1.09 bits per heavy atom. The third-order valence-electron chi connectivity index (χ3n) is 3.03. The van der Waals surface area contributed by atoms with Gasteiger partial charge >= 0.3 is 12.4 Å². The lowest BCUT2D eigenvalue weighted by molar-refractivity contribution is -0.367. The molecular formula is C13H13F6NO2. The first-order valence-corrected chi connectivity index (χ1v) is 6.08. The summed E-state index contributed by atoms with van der Waals surface area (Å²) in [6, 6.07) is 7.14.